The SMILES string of the molecule is Cc1cc(Br)nc2c1NC(=O)c1cccnc1N2C1CC1. The van der Waals surface area contributed by atoms with Crippen molar-refractivity contribution in [1.29, 1.82) is 0 Å². The Hall–Kier alpha value is -1.95. The van der Waals surface area contributed by atoms with Crippen molar-refractivity contribution in [2.45, 2.75) is 25.8 Å². The molecular formula is C15H13BrN4O. The number of hydrogen-bond acceptors (Lipinski definition) is 4. The number of fused-ring (bicyclic) bond motifs is 2. The zero-order valence-electron chi connectivity index (χ0n) is 11.4. The van der Waals surface area contributed by atoms with Crippen molar-refractivity contribution >= 4 is 39.2 Å². The Bertz CT molecular complexity index is 757. The van der Waals surface area contributed by atoms with Crippen molar-refractivity contribution in [3.05, 3.63) is 40.1 Å². The highest BCUT2D eigenvalue weighted by molar-refractivity contribution is 9.10. The van der Waals surface area contributed by atoms with Gasteiger partial charge in [0.1, 0.15) is 10.4 Å². The Balaban J connectivity index is 2.01. The van der Waals surface area contributed by atoms with E-state index in [2.05, 4.69) is 36.1 Å². The van der Waals surface area contributed by atoms with Gasteiger partial charge in [0.2, 0.25) is 0 Å². The molecule has 2 aliphatic rings. The van der Waals surface area contributed by atoms with Gasteiger partial charge in [0.05, 0.1) is 11.3 Å². The minimum atomic E-state index is -0.130. The van der Waals surface area contributed by atoms with E-state index in [-0.39, 0.29) is 5.91 Å². The Morgan fingerprint density at radius 2 is 2.19 bits per heavy atom. The summed E-state index contributed by atoms with van der Waals surface area (Å²) in [7, 11) is 0. The molecule has 0 unspecified atom stereocenters. The number of carbonyl (C=O) groups is 1. The third kappa shape index (κ3) is 2.01. The minimum Gasteiger partial charge on any atom is -0.318 e. The van der Waals surface area contributed by atoms with E-state index in [1.54, 1.807) is 12.3 Å². The van der Waals surface area contributed by atoms with Crippen LogP contribution in [0.15, 0.2) is 29.0 Å². The second-order valence-corrected chi connectivity index (χ2v) is 6.20. The Kier molecular flexibility index (Phi) is 2.75. The number of amides is 1. The molecule has 0 spiro atoms. The molecule has 2 aromatic rings. The monoisotopic (exact) mass is 344 g/mol. The minimum absolute atomic E-state index is 0.130. The largest absolute Gasteiger partial charge is 0.318 e. The lowest BCUT2D eigenvalue weighted by Gasteiger charge is -2.24. The molecule has 1 fully saturated rings. The zero-order chi connectivity index (χ0) is 14.6. The number of rotatable bonds is 1. The molecule has 0 atom stereocenters. The molecule has 1 N–H and O–H groups in total. The van der Waals surface area contributed by atoms with Crippen molar-refractivity contribution in [3.63, 3.8) is 0 Å². The normalized spacial score (nSPS) is 16.9. The highest BCUT2D eigenvalue weighted by Crippen LogP contribution is 2.44. The van der Waals surface area contributed by atoms with Gasteiger partial charge in [0, 0.05) is 12.2 Å². The number of nitrogens with zero attached hydrogens (tertiary/aromatic N) is 3. The van der Waals surface area contributed by atoms with Gasteiger partial charge in [-0.25, -0.2) is 9.97 Å². The summed E-state index contributed by atoms with van der Waals surface area (Å²) in [4.78, 5) is 23.6. The van der Waals surface area contributed by atoms with Gasteiger partial charge in [-0.05, 0) is 59.5 Å². The van der Waals surface area contributed by atoms with Crippen molar-refractivity contribution in [2.75, 3.05) is 10.2 Å². The number of hydrogen-bond donors (Lipinski definition) is 1. The smallest absolute Gasteiger partial charge is 0.259 e. The van der Waals surface area contributed by atoms with Crippen LogP contribution < -0.4 is 10.2 Å². The molecule has 3 heterocycles. The molecule has 0 bridgehead atoms. The first-order chi connectivity index (χ1) is 10.1. The summed E-state index contributed by atoms with van der Waals surface area (Å²) in [6, 6.07) is 5.87. The number of nitrogens with one attached hydrogen (secondary N) is 1. The van der Waals surface area contributed by atoms with E-state index in [1.807, 2.05) is 19.1 Å². The van der Waals surface area contributed by atoms with E-state index < -0.39 is 0 Å². The topological polar surface area (TPSA) is 58.1 Å². The maximum absolute atomic E-state index is 12.5. The Morgan fingerprint density at radius 1 is 1.38 bits per heavy atom. The lowest BCUT2D eigenvalue weighted by Crippen LogP contribution is -2.22. The van der Waals surface area contributed by atoms with E-state index in [4.69, 9.17) is 0 Å². The lowest BCUT2D eigenvalue weighted by atomic mass is 10.2. The maximum atomic E-state index is 12.5. The second kappa shape index (κ2) is 4.53. The number of carbonyl (C=O) groups excluding carboxylic acids is 1. The third-order valence-electron chi connectivity index (χ3n) is 3.80. The molecule has 1 amide bonds. The molecule has 1 saturated carbocycles. The van der Waals surface area contributed by atoms with Crippen molar-refractivity contribution < 1.29 is 4.79 Å². The van der Waals surface area contributed by atoms with Crippen LogP contribution in [0.2, 0.25) is 0 Å². The highest BCUT2D eigenvalue weighted by atomic mass is 79.9. The molecule has 0 saturated heterocycles. The fourth-order valence-corrected chi connectivity index (χ4v) is 3.18. The molecule has 106 valence electrons. The average molecular weight is 345 g/mol. The zero-order valence-corrected chi connectivity index (χ0v) is 13.0. The van der Waals surface area contributed by atoms with Gasteiger partial charge >= 0.3 is 0 Å². The van der Waals surface area contributed by atoms with Crippen LogP contribution in [0.5, 0.6) is 0 Å². The third-order valence-corrected chi connectivity index (χ3v) is 4.21. The Labute approximate surface area is 130 Å². The van der Waals surface area contributed by atoms with Crippen LogP contribution in [0, 0.1) is 6.92 Å². The van der Waals surface area contributed by atoms with Gasteiger partial charge in [-0.3, -0.25) is 4.79 Å². The maximum Gasteiger partial charge on any atom is 0.259 e. The molecule has 5 nitrogen and oxygen atoms in total. The van der Waals surface area contributed by atoms with Crippen LogP contribution in [0.1, 0.15) is 28.8 Å². The summed E-state index contributed by atoms with van der Waals surface area (Å²) < 4.78 is 0.762. The van der Waals surface area contributed by atoms with Crippen LogP contribution in [-0.4, -0.2) is 21.9 Å². The number of pyridine rings is 2. The standard InChI is InChI=1S/C15H13BrN4O/c1-8-7-11(16)18-14-12(8)19-15(21)10-3-2-6-17-13(10)20(14)9-4-5-9/h2-3,6-7,9H,4-5H2,1H3,(H,19,21). The van der Waals surface area contributed by atoms with E-state index in [9.17, 15) is 4.79 Å². The predicted octanol–water partition coefficient (Wildman–Crippen LogP) is 3.41. The van der Waals surface area contributed by atoms with Crippen LogP contribution in [0.25, 0.3) is 0 Å². The fourth-order valence-electron chi connectivity index (χ4n) is 2.67. The first-order valence-corrected chi connectivity index (χ1v) is 7.67. The first-order valence-electron chi connectivity index (χ1n) is 6.88. The molecule has 21 heavy (non-hydrogen) atoms. The van der Waals surface area contributed by atoms with Crippen LogP contribution in [-0.2, 0) is 0 Å². The summed E-state index contributed by atoms with van der Waals surface area (Å²) in [5.41, 5.74) is 2.35. The predicted molar refractivity (Wildman–Crippen MR) is 84.0 cm³/mol. The molecule has 1 aliphatic heterocycles. The van der Waals surface area contributed by atoms with Gasteiger partial charge in [-0.2, -0.15) is 0 Å². The summed E-state index contributed by atoms with van der Waals surface area (Å²) in [5, 5.41) is 2.98. The summed E-state index contributed by atoms with van der Waals surface area (Å²) in [6.07, 6.45) is 3.91. The number of aromatic nitrogens is 2. The summed E-state index contributed by atoms with van der Waals surface area (Å²) >= 11 is 3.45. The first kappa shape index (κ1) is 12.8. The molecule has 4 rings (SSSR count). The van der Waals surface area contributed by atoms with E-state index >= 15 is 0 Å². The molecule has 1 aliphatic carbocycles. The van der Waals surface area contributed by atoms with Crippen LogP contribution >= 0.6 is 15.9 Å². The molecule has 0 radical (unpaired) electrons. The van der Waals surface area contributed by atoms with Crippen molar-refractivity contribution in [3.8, 4) is 0 Å². The van der Waals surface area contributed by atoms with Gasteiger partial charge in [0.25, 0.3) is 5.91 Å². The number of aryl methyl sites for hydroxylation is 1. The highest BCUT2D eigenvalue weighted by Gasteiger charge is 2.38. The molecular weight excluding hydrogens is 332 g/mol. The number of halogens is 1. The molecule has 6 heteroatoms. The van der Waals surface area contributed by atoms with E-state index in [1.165, 1.54) is 0 Å². The van der Waals surface area contributed by atoms with E-state index in [0.717, 1.165) is 34.5 Å². The van der Waals surface area contributed by atoms with Gasteiger partial charge < -0.3 is 10.2 Å². The van der Waals surface area contributed by atoms with E-state index in [0.29, 0.717) is 17.4 Å². The molecule has 2 aromatic heterocycles. The van der Waals surface area contributed by atoms with Crippen molar-refractivity contribution in [1.82, 2.24) is 9.97 Å². The van der Waals surface area contributed by atoms with Gasteiger partial charge in [-0.15, -0.1) is 0 Å². The Morgan fingerprint density at radius 3 is 2.95 bits per heavy atom. The van der Waals surface area contributed by atoms with Crippen LogP contribution in [0.4, 0.5) is 17.3 Å². The average Bonchev–Trinajstić information content (AvgIpc) is 3.27. The van der Waals surface area contributed by atoms with Gasteiger partial charge in [-0.1, -0.05) is 0 Å². The number of anilines is 3. The molecule has 0 aromatic carbocycles. The summed E-state index contributed by atoms with van der Waals surface area (Å²) in [5.74, 6) is 1.34. The summed E-state index contributed by atoms with van der Waals surface area (Å²) in [6.45, 7) is 1.97. The lowest BCUT2D eigenvalue weighted by molar-refractivity contribution is 0.102. The fraction of sp³-hybridized carbons (Fsp3) is 0.267. The van der Waals surface area contributed by atoms with Crippen molar-refractivity contribution in [2.24, 2.45) is 0 Å². The quantitative estimate of drug-likeness (QED) is 0.805. The second-order valence-electron chi connectivity index (χ2n) is 5.39. The van der Waals surface area contributed by atoms with Gasteiger partial charge in [0.15, 0.2) is 5.82 Å². The van der Waals surface area contributed by atoms with Crippen LogP contribution in [0.3, 0.4) is 0 Å².